The van der Waals surface area contributed by atoms with Crippen molar-refractivity contribution in [2.75, 3.05) is 5.73 Å². The number of nitrogens with two attached hydrogens (primary N) is 1. The number of anilines is 1. The summed E-state index contributed by atoms with van der Waals surface area (Å²) in [6, 6.07) is 0. The van der Waals surface area contributed by atoms with E-state index in [4.69, 9.17) is 5.73 Å². The number of alkyl halides is 3. The van der Waals surface area contributed by atoms with Gasteiger partial charge >= 0.3 is 6.18 Å². The van der Waals surface area contributed by atoms with Crippen LogP contribution in [0.3, 0.4) is 0 Å². The van der Waals surface area contributed by atoms with Gasteiger partial charge in [-0.1, -0.05) is 0 Å². The predicted molar refractivity (Wildman–Crippen MR) is 36.2 cm³/mol. The van der Waals surface area contributed by atoms with Crippen LogP contribution in [0.1, 0.15) is 5.82 Å². The summed E-state index contributed by atoms with van der Waals surface area (Å²) < 4.78 is 35.2. The Kier molecular flexibility index (Phi) is 2.16. The number of halogens is 3. The van der Waals surface area contributed by atoms with Crippen LogP contribution in [0, 0.1) is 0 Å². The Bertz CT molecular complexity index is 254. The minimum Gasteiger partial charge on any atom is -0.396 e. The van der Waals surface area contributed by atoms with Gasteiger partial charge in [-0.2, -0.15) is 13.2 Å². The van der Waals surface area contributed by atoms with Gasteiger partial charge in [0, 0.05) is 0 Å². The number of hydrogen-bond donors (Lipinski definition) is 1. The summed E-state index contributed by atoms with van der Waals surface area (Å²) >= 11 is 0. The Balaban J connectivity index is 2.71. The Morgan fingerprint density at radius 1 is 1.25 bits per heavy atom. The second-order valence-corrected chi connectivity index (χ2v) is 2.22. The SMILES string of the molecule is Nc1cnc(CC(F)(F)F)nc1. The van der Waals surface area contributed by atoms with Crippen molar-refractivity contribution < 1.29 is 13.2 Å². The fourth-order valence-electron chi connectivity index (χ4n) is 0.635. The largest absolute Gasteiger partial charge is 0.396 e. The first-order chi connectivity index (χ1) is 5.47. The van der Waals surface area contributed by atoms with Gasteiger partial charge in [-0.3, -0.25) is 0 Å². The van der Waals surface area contributed by atoms with Crippen molar-refractivity contribution in [3.63, 3.8) is 0 Å². The van der Waals surface area contributed by atoms with Crippen molar-refractivity contribution in [2.45, 2.75) is 12.6 Å². The molecule has 0 saturated heterocycles. The first kappa shape index (κ1) is 8.76. The Hall–Kier alpha value is -1.33. The van der Waals surface area contributed by atoms with Gasteiger partial charge in [0.05, 0.1) is 18.1 Å². The highest BCUT2D eigenvalue weighted by Crippen LogP contribution is 2.18. The summed E-state index contributed by atoms with van der Waals surface area (Å²) in [5.41, 5.74) is 5.44. The smallest absolute Gasteiger partial charge is 0.396 e. The zero-order valence-corrected chi connectivity index (χ0v) is 5.97. The molecule has 0 spiro atoms. The molecular weight excluding hydrogens is 171 g/mol. The van der Waals surface area contributed by atoms with Crippen LogP contribution in [0.25, 0.3) is 0 Å². The lowest BCUT2D eigenvalue weighted by atomic mass is 10.4. The van der Waals surface area contributed by atoms with Crippen molar-refractivity contribution in [3.05, 3.63) is 18.2 Å². The highest BCUT2D eigenvalue weighted by Gasteiger charge is 2.28. The summed E-state index contributed by atoms with van der Waals surface area (Å²) in [6.45, 7) is 0. The molecular formula is C6H6F3N3. The average molecular weight is 177 g/mol. The Morgan fingerprint density at radius 3 is 2.17 bits per heavy atom. The number of hydrogen-bond acceptors (Lipinski definition) is 3. The predicted octanol–water partition coefficient (Wildman–Crippen LogP) is 1.16. The van der Waals surface area contributed by atoms with E-state index in [0.717, 1.165) is 12.4 Å². The molecule has 0 bridgehead atoms. The highest BCUT2D eigenvalue weighted by atomic mass is 19.4. The molecule has 1 aromatic rings. The number of rotatable bonds is 1. The van der Waals surface area contributed by atoms with Gasteiger partial charge in [0.2, 0.25) is 0 Å². The van der Waals surface area contributed by atoms with E-state index in [0.29, 0.717) is 0 Å². The molecule has 12 heavy (non-hydrogen) atoms. The standard InChI is InChI=1S/C6H6F3N3/c7-6(8,9)1-5-11-2-4(10)3-12-5/h2-3H,1,10H2. The monoisotopic (exact) mass is 177 g/mol. The van der Waals surface area contributed by atoms with Crippen LogP contribution in [-0.4, -0.2) is 16.1 Å². The van der Waals surface area contributed by atoms with E-state index < -0.39 is 12.6 Å². The molecule has 0 fully saturated rings. The van der Waals surface area contributed by atoms with Crippen LogP contribution in [0.2, 0.25) is 0 Å². The van der Waals surface area contributed by atoms with Crippen molar-refractivity contribution in [1.82, 2.24) is 9.97 Å². The first-order valence-electron chi connectivity index (χ1n) is 3.10. The molecule has 66 valence electrons. The molecule has 0 amide bonds. The molecule has 0 radical (unpaired) electrons. The quantitative estimate of drug-likeness (QED) is 0.700. The molecule has 0 saturated carbocycles. The Labute approximate surface area is 66.4 Å². The van der Waals surface area contributed by atoms with Crippen LogP contribution in [0.5, 0.6) is 0 Å². The lowest BCUT2D eigenvalue weighted by Crippen LogP contribution is -2.14. The van der Waals surface area contributed by atoms with E-state index in [1.807, 2.05) is 0 Å². The zero-order chi connectivity index (χ0) is 9.19. The molecule has 1 aromatic heterocycles. The minimum atomic E-state index is -4.27. The minimum absolute atomic E-state index is 0.251. The third-order valence-corrected chi connectivity index (χ3v) is 1.08. The van der Waals surface area contributed by atoms with Crippen molar-refractivity contribution in [1.29, 1.82) is 0 Å². The van der Waals surface area contributed by atoms with Crippen LogP contribution < -0.4 is 5.73 Å². The maximum absolute atomic E-state index is 11.7. The topological polar surface area (TPSA) is 51.8 Å². The van der Waals surface area contributed by atoms with Crippen molar-refractivity contribution in [3.8, 4) is 0 Å². The number of nitrogen functional groups attached to an aromatic ring is 1. The van der Waals surface area contributed by atoms with Crippen LogP contribution in [0.15, 0.2) is 12.4 Å². The van der Waals surface area contributed by atoms with Gasteiger partial charge in [0.1, 0.15) is 12.2 Å². The second kappa shape index (κ2) is 2.96. The molecule has 0 aliphatic heterocycles. The first-order valence-corrected chi connectivity index (χ1v) is 3.10. The number of aromatic nitrogens is 2. The average Bonchev–Trinajstić information content (AvgIpc) is 1.91. The van der Waals surface area contributed by atoms with Crippen molar-refractivity contribution >= 4 is 5.69 Å². The van der Waals surface area contributed by atoms with Gasteiger partial charge in [-0.15, -0.1) is 0 Å². The molecule has 0 aromatic carbocycles. The molecule has 0 atom stereocenters. The third-order valence-electron chi connectivity index (χ3n) is 1.08. The molecule has 0 aliphatic rings. The van der Waals surface area contributed by atoms with Gasteiger partial charge in [0.25, 0.3) is 0 Å². The molecule has 6 heteroatoms. The molecule has 0 aliphatic carbocycles. The zero-order valence-electron chi connectivity index (χ0n) is 5.97. The molecule has 1 rings (SSSR count). The van der Waals surface area contributed by atoms with Crippen LogP contribution in [0.4, 0.5) is 18.9 Å². The fourth-order valence-corrected chi connectivity index (χ4v) is 0.635. The summed E-state index contributed by atoms with van der Waals surface area (Å²) in [4.78, 5) is 6.82. The van der Waals surface area contributed by atoms with Gasteiger partial charge in [-0.25, -0.2) is 9.97 Å². The summed E-state index contributed by atoms with van der Waals surface area (Å²) in [5.74, 6) is -0.267. The lowest BCUT2D eigenvalue weighted by Gasteiger charge is -2.03. The lowest BCUT2D eigenvalue weighted by molar-refractivity contribution is -0.128. The van der Waals surface area contributed by atoms with Crippen molar-refractivity contribution in [2.24, 2.45) is 0 Å². The molecule has 3 nitrogen and oxygen atoms in total. The van der Waals surface area contributed by atoms with Gasteiger partial charge < -0.3 is 5.73 Å². The second-order valence-electron chi connectivity index (χ2n) is 2.22. The summed E-state index contributed by atoms with van der Waals surface area (Å²) in [7, 11) is 0. The van der Waals surface area contributed by atoms with E-state index in [9.17, 15) is 13.2 Å². The Morgan fingerprint density at radius 2 is 1.75 bits per heavy atom. The van der Waals surface area contributed by atoms with Crippen LogP contribution in [-0.2, 0) is 6.42 Å². The van der Waals surface area contributed by atoms with E-state index in [2.05, 4.69) is 9.97 Å². The van der Waals surface area contributed by atoms with Gasteiger partial charge in [0.15, 0.2) is 0 Å². The normalized spacial score (nSPS) is 11.6. The number of nitrogens with zero attached hydrogens (tertiary/aromatic N) is 2. The summed E-state index contributed by atoms with van der Waals surface area (Å²) in [5, 5.41) is 0. The fraction of sp³-hybridized carbons (Fsp3) is 0.333. The van der Waals surface area contributed by atoms with Crippen LogP contribution >= 0.6 is 0 Å². The molecule has 0 unspecified atom stereocenters. The van der Waals surface area contributed by atoms with E-state index in [1.54, 1.807) is 0 Å². The maximum Gasteiger partial charge on any atom is 0.396 e. The molecule has 1 heterocycles. The molecule has 2 N–H and O–H groups in total. The maximum atomic E-state index is 11.7. The highest BCUT2D eigenvalue weighted by molar-refractivity contribution is 5.30. The van der Waals surface area contributed by atoms with E-state index in [1.165, 1.54) is 0 Å². The third kappa shape index (κ3) is 2.73. The van der Waals surface area contributed by atoms with Gasteiger partial charge in [-0.05, 0) is 0 Å². The van der Waals surface area contributed by atoms with E-state index >= 15 is 0 Å². The van der Waals surface area contributed by atoms with E-state index in [-0.39, 0.29) is 11.5 Å². The summed E-state index contributed by atoms with van der Waals surface area (Å²) in [6.07, 6.45) is -3.09.